The molecule has 0 saturated heterocycles. The Labute approximate surface area is 114 Å². The number of hydrogen-bond acceptors (Lipinski definition) is 5. The first kappa shape index (κ1) is 13.4. The highest BCUT2D eigenvalue weighted by Crippen LogP contribution is 2.11. The number of nitrogens with one attached hydrogen (secondary N) is 1. The molecule has 1 amide bonds. The van der Waals surface area contributed by atoms with Gasteiger partial charge >= 0.3 is 5.97 Å². The molecule has 2 rings (SSSR count). The lowest BCUT2D eigenvalue weighted by atomic mass is 10.4. The van der Waals surface area contributed by atoms with Crippen molar-refractivity contribution in [2.45, 2.75) is 13.5 Å². The van der Waals surface area contributed by atoms with Crippen LogP contribution >= 0.6 is 11.3 Å². The lowest BCUT2D eigenvalue weighted by molar-refractivity contribution is 0.0488. The van der Waals surface area contributed by atoms with Gasteiger partial charge in [-0.05, 0) is 30.5 Å². The maximum Gasteiger partial charge on any atom is 0.374 e. The predicted molar refractivity (Wildman–Crippen MR) is 70.2 cm³/mol. The highest BCUT2D eigenvalue weighted by atomic mass is 32.1. The normalized spacial score (nSPS) is 10.2. The fraction of sp³-hybridized carbons (Fsp3) is 0.231. The topological polar surface area (TPSA) is 68.5 Å². The summed E-state index contributed by atoms with van der Waals surface area (Å²) in [5.74, 6) is -0.0161. The van der Waals surface area contributed by atoms with Crippen LogP contribution in [0.5, 0.6) is 0 Å². The van der Waals surface area contributed by atoms with E-state index in [2.05, 4.69) is 5.32 Å². The molecule has 0 aliphatic rings. The molecule has 1 N–H and O–H groups in total. The van der Waals surface area contributed by atoms with Gasteiger partial charge in [0.25, 0.3) is 5.91 Å². The van der Waals surface area contributed by atoms with Crippen molar-refractivity contribution in [2.75, 3.05) is 6.61 Å². The average molecular weight is 279 g/mol. The molecular formula is C13H13NO4S. The molecule has 0 radical (unpaired) electrons. The smallest absolute Gasteiger partial charge is 0.374 e. The second-order valence-electron chi connectivity index (χ2n) is 3.65. The zero-order chi connectivity index (χ0) is 13.7. The molecule has 0 spiro atoms. The third kappa shape index (κ3) is 3.45. The van der Waals surface area contributed by atoms with E-state index in [0.717, 1.165) is 0 Å². The molecule has 0 atom stereocenters. The van der Waals surface area contributed by atoms with Crippen LogP contribution in [0.15, 0.2) is 34.1 Å². The Balaban J connectivity index is 1.90. The highest BCUT2D eigenvalue weighted by Gasteiger charge is 2.13. The van der Waals surface area contributed by atoms with Crippen molar-refractivity contribution >= 4 is 23.2 Å². The van der Waals surface area contributed by atoms with Gasteiger partial charge in [0.1, 0.15) is 5.76 Å². The van der Waals surface area contributed by atoms with Crippen LogP contribution in [-0.4, -0.2) is 18.5 Å². The van der Waals surface area contributed by atoms with Crippen LogP contribution in [0.3, 0.4) is 0 Å². The Bertz CT molecular complexity index is 559. The molecule has 6 heteroatoms. The van der Waals surface area contributed by atoms with E-state index in [1.54, 1.807) is 19.1 Å². The van der Waals surface area contributed by atoms with E-state index >= 15 is 0 Å². The first-order valence-corrected chi connectivity index (χ1v) is 6.66. The molecule has 0 unspecified atom stereocenters. The molecule has 0 aromatic carbocycles. The van der Waals surface area contributed by atoms with Crippen molar-refractivity contribution in [3.8, 4) is 0 Å². The van der Waals surface area contributed by atoms with Gasteiger partial charge in [-0.1, -0.05) is 6.07 Å². The summed E-state index contributed by atoms with van der Waals surface area (Å²) in [6.07, 6.45) is 0. The third-order valence-electron chi connectivity index (χ3n) is 2.31. The number of rotatable bonds is 5. The summed E-state index contributed by atoms with van der Waals surface area (Å²) < 4.78 is 10.1. The van der Waals surface area contributed by atoms with Gasteiger partial charge in [-0.3, -0.25) is 4.79 Å². The standard InChI is InChI=1S/C13H13NO4S/c1-2-17-13(16)10-6-5-9(18-10)8-14-12(15)11-4-3-7-19-11/h3-7H,2,8H2,1H3,(H,14,15). The van der Waals surface area contributed by atoms with Gasteiger partial charge in [0, 0.05) is 0 Å². The molecule has 100 valence electrons. The molecule has 0 aliphatic heterocycles. The number of amides is 1. The monoisotopic (exact) mass is 279 g/mol. The summed E-state index contributed by atoms with van der Waals surface area (Å²) in [6, 6.07) is 6.73. The predicted octanol–water partition coefficient (Wildman–Crippen LogP) is 2.45. The molecule has 0 aliphatic carbocycles. The number of thiophene rings is 1. The summed E-state index contributed by atoms with van der Waals surface area (Å²) in [5.41, 5.74) is 0. The van der Waals surface area contributed by atoms with Crippen molar-refractivity contribution in [1.29, 1.82) is 0 Å². The van der Waals surface area contributed by atoms with Crippen molar-refractivity contribution in [3.05, 3.63) is 46.0 Å². The molecule has 0 bridgehead atoms. The molecule has 0 fully saturated rings. The first-order valence-electron chi connectivity index (χ1n) is 5.78. The van der Waals surface area contributed by atoms with Crippen LogP contribution in [-0.2, 0) is 11.3 Å². The van der Waals surface area contributed by atoms with Crippen molar-refractivity contribution in [3.63, 3.8) is 0 Å². The summed E-state index contributed by atoms with van der Waals surface area (Å²) in [6.45, 7) is 2.25. The molecule has 2 aromatic rings. The molecule has 2 heterocycles. The third-order valence-corrected chi connectivity index (χ3v) is 3.18. The number of carbonyl (C=O) groups is 2. The quantitative estimate of drug-likeness (QED) is 0.854. The van der Waals surface area contributed by atoms with E-state index in [4.69, 9.17) is 9.15 Å². The Morgan fingerprint density at radius 1 is 1.37 bits per heavy atom. The van der Waals surface area contributed by atoms with Gasteiger partial charge in [-0.15, -0.1) is 11.3 Å². The second kappa shape index (κ2) is 6.19. The van der Waals surface area contributed by atoms with Crippen LogP contribution in [0.25, 0.3) is 0 Å². The molecule has 5 nitrogen and oxygen atoms in total. The number of ether oxygens (including phenoxy) is 1. The fourth-order valence-corrected chi connectivity index (χ4v) is 2.09. The summed E-state index contributed by atoms with van der Waals surface area (Å²) in [5, 5.41) is 4.55. The Kier molecular flexibility index (Phi) is 4.35. The Morgan fingerprint density at radius 2 is 2.21 bits per heavy atom. The summed E-state index contributed by atoms with van der Waals surface area (Å²) in [7, 11) is 0. The molecular weight excluding hydrogens is 266 g/mol. The van der Waals surface area contributed by atoms with E-state index in [1.807, 2.05) is 11.4 Å². The minimum Gasteiger partial charge on any atom is -0.460 e. The SMILES string of the molecule is CCOC(=O)c1ccc(CNC(=O)c2cccs2)o1. The number of hydrogen-bond donors (Lipinski definition) is 1. The Morgan fingerprint density at radius 3 is 2.89 bits per heavy atom. The summed E-state index contributed by atoms with van der Waals surface area (Å²) in [4.78, 5) is 23.7. The van der Waals surface area contributed by atoms with Gasteiger partial charge in [0.15, 0.2) is 0 Å². The lowest BCUT2D eigenvalue weighted by Crippen LogP contribution is -2.21. The largest absolute Gasteiger partial charge is 0.460 e. The van der Waals surface area contributed by atoms with Crippen LogP contribution in [0, 0.1) is 0 Å². The van der Waals surface area contributed by atoms with Crippen LogP contribution in [0.2, 0.25) is 0 Å². The van der Waals surface area contributed by atoms with Gasteiger partial charge in [-0.25, -0.2) is 4.79 Å². The fourth-order valence-electron chi connectivity index (χ4n) is 1.45. The van der Waals surface area contributed by atoms with Crippen LogP contribution in [0.1, 0.15) is 32.9 Å². The second-order valence-corrected chi connectivity index (χ2v) is 4.59. The average Bonchev–Trinajstić information content (AvgIpc) is 3.07. The minimum atomic E-state index is -0.502. The number of furan rings is 1. The van der Waals surface area contributed by atoms with E-state index in [1.165, 1.54) is 17.4 Å². The van der Waals surface area contributed by atoms with Crippen molar-refractivity contribution < 1.29 is 18.7 Å². The van der Waals surface area contributed by atoms with Gasteiger partial charge in [0.05, 0.1) is 18.0 Å². The zero-order valence-electron chi connectivity index (χ0n) is 10.3. The minimum absolute atomic E-state index is 0.141. The maximum absolute atomic E-state index is 11.7. The van der Waals surface area contributed by atoms with E-state index in [-0.39, 0.29) is 18.2 Å². The van der Waals surface area contributed by atoms with Gasteiger partial charge in [0.2, 0.25) is 5.76 Å². The molecule has 19 heavy (non-hydrogen) atoms. The van der Waals surface area contributed by atoms with Crippen molar-refractivity contribution in [1.82, 2.24) is 5.32 Å². The van der Waals surface area contributed by atoms with E-state index in [0.29, 0.717) is 17.2 Å². The molecule has 2 aromatic heterocycles. The summed E-state index contributed by atoms with van der Waals surface area (Å²) >= 11 is 1.37. The molecule has 0 saturated carbocycles. The number of carbonyl (C=O) groups excluding carboxylic acids is 2. The van der Waals surface area contributed by atoms with Crippen LogP contribution < -0.4 is 5.32 Å². The Hall–Kier alpha value is -2.08. The van der Waals surface area contributed by atoms with Crippen LogP contribution in [0.4, 0.5) is 0 Å². The zero-order valence-corrected chi connectivity index (χ0v) is 11.2. The lowest BCUT2D eigenvalue weighted by Gasteiger charge is -2.01. The van der Waals surface area contributed by atoms with E-state index in [9.17, 15) is 9.59 Å². The van der Waals surface area contributed by atoms with Gasteiger partial charge in [-0.2, -0.15) is 0 Å². The highest BCUT2D eigenvalue weighted by molar-refractivity contribution is 7.12. The van der Waals surface area contributed by atoms with Crippen molar-refractivity contribution in [2.24, 2.45) is 0 Å². The van der Waals surface area contributed by atoms with Gasteiger partial charge < -0.3 is 14.5 Å². The van der Waals surface area contributed by atoms with E-state index < -0.39 is 5.97 Å². The maximum atomic E-state index is 11.7. The number of esters is 1. The first-order chi connectivity index (χ1) is 9.20.